The fourth-order valence-electron chi connectivity index (χ4n) is 2.33. The Kier molecular flexibility index (Phi) is 6.09. The molecule has 1 fully saturated rings. The van der Waals surface area contributed by atoms with Crippen LogP contribution >= 0.6 is 35.0 Å². The largest absolute Gasteiger partial charge is 0.497 e. The Morgan fingerprint density at radius 2 is 2.25 bits per heavy atom. The first-order valence-corrected chi connectivity index (χ1v) is 7.40. The second kappa shape index (κ2) is 6.95. The second-order valence-corrected chi connectivity index (χ2v) is 6.50. The Morgan fingerprint density at radius 1 is 1.55 bits per heavy atom. The molecule has 2 rings (SSSR count). The third kappa shape index (κ3) is 3.56. The van der Waals surface area contributed by atoms with E-state index in [2.05, 4.69) is 29.5 Å². The summed E-state index contributed by atoms with van der Waals surface area (Å²) in [6.07, 6.45) is 0.974. The Morgan fingerprint density at radius 3 is 2.75 bits per heavy atom. The van der Waals surface area contributed by atoms with Gasteiger partial charge in [-0.15, -0.1) is 12.4 Å². The van der Waals surface area contributed by atoms with Gasteiger partial charge in [0.05, 0.1) is 12.7 Å². The number of benzene rings is 1. The van der Waals surface area contributed by atoms with Crippen LogP contribution in [0.5, 0.6) is 5.75 Å². The summed E-state index contributed by atoms with van der Waals surface area (Å²) in [5.41, 5.74) is 6.58. The molecule has 0 radical (unpaired) electrons. The smallest absolute Gasteiger partial charge is 0.254 e. The lowest BCUT2D eigenvalue weighted by Gasteiger charge is -2.23. The molecule has 1 atom stereocenters. The summed E-state index contributed by atoms with van der Waals surface area (Å²) < 4.78 is 6.08. The first-order valence-electron chi connectivity index (χ1n) is 6.32. The number of likely N-dealkylation sites (tertiary alicyclic amines) is 1. The highest BCUT2D eigenvalue weighted by Gasteiger charge is 2.35. The minimum Gasteiger partial charge on any atom is -0.497 e. The van der Waals surface area contributed by atoms with Crippen LogP contribution in [0.2, 0.25) is 0 Å². The fraction of sp³-hybridized carbons (Fsp3) is 0.500. The lowest BCUT2D eigenvalue weighted by Crippen LogP contribution is -2.34. The highest BCUT2D eigenvalue weighted by atomic mass is 127. The first-order chi connectivity index (χ1) is 8.99. The monoisotopic (exact) mass is 410 g/mol. The quantitative estimate of drug-likeness (QED) is 0.779. The van der Waals surface area contributed by atoms with Crippen LogP contribution in [0.4, 0.5) is 0 Å². The van der Waals surface area contributed by atoms with Gasteiger partial charge >= 0.3 is 0 Å². The van der Waals surface area contributed by atoms with Crippen LogP contribution in [-0.2, 0) is 0 Å². The molecule has 0 aromatic heterocycles. The number of amides is 1. The molecule has 1 aromatic rings. The molecule has 1 amide bonds. The van der Waals surface area contributed by atoms with E-state index in [1.807, 2.05) is 23.1 Å². The molecule has 4 nitrogen and oxygen atoms in total. The minimum atomic E-state index is 0. The van der Waals surface area contributed by atoms with Crippen LogP contribution in [0.15, 0.2) is 18.2 Å². The number of halogens is 2. The Balaban J connectivity index is 0.00000200. The number of rotatable bonds is 3. The van der Waals surface area contributed by atoms with Crippen molar-refractivity contribution in [3.63, 3.8) is 0 Å². The van der Waals surface area contributed by atoms with E-state index in [1.165, 1.54) is 0 Å². The van der Waals surface area contributed by atoms with Gasteiger partial charge in [0.25, 0.3) is 5.91 Å². The third-order valence-corrected chi connectivity index (χ3v) is 4.64. The zero-order valence-corrected chi connectivity index (χ0v) is 14.7. The number of methoxy groups -OCH3 is 1. The van der Waals surface area contributed by atoms with E-state index in [1.54, 1.807) is 7.11 Å². The van der Waals surface area contributed by atoms with Crippen LogP contribution in [-0.4, -0.2) is 37.6 Å². The summed E-state index contributed by atoms with van der Waals surface area (Å²) in [5, 5.41) is 0. The van der Waals surface area contributed by atoms with Gasteiger partial charge < -0.3 is 15.4 Å². The number of carbonyl (C=O) groups is 1. The molecule has 0 bridgehead atoms. The van der Waals surface area contributed by atoms with E-state index in [0.717, 1.165) is 34.4 Å². The van der Waals surface area contributed by atoms with Gasteiger partial charge in [0.1, 0.15) is 5.75 Å². The van der Waals surface area contributed by atoms with E-state index in [9.17, 15) is 4.79 Å². The number of nitrogens with two attached hydrogens (primary N) is 1. The summed E-state index contributed by atoms with van der Waals surface area (Å²) in [4.78, 5) is 14.4. The maximum absolute atomic E-state index is 12.5. The van der Waals surface area contributed by atoms with Crippen molar-refractivity contribution in [2.75, 3.05) is 26.7 Å². The first kappa shape index (κ1) is 17.5. The molecule has 0 saturated carbocycles. The maximum Gasteiger partial charge on any atom is 0.254 e. The Bertz CT molecular complexity index is 498. The summed E-state index contributed by atoms with van der Waals surface area (Å²) in [6.45, 7) is 4.29. The fourth-order valence-corrected chi connectivity index (χ4v) is 3.05. The van der Waals surface area contributed by atoms with Gasteiger partial charge in [-0.25, -0.2) is 0 Å². The molecule has 1 unspecified atom stereocenters. The molecule has 1 saturated heterocycles. The molecule has 1 aromatic carbocycles. The van der Waals surface area contributed by atoms with E-state index in [-0.39, 0.29) is 23.7 Å². The van der Waals surface area contributed by atoms with Crippen LogP contribution in [0.1, 0.15) is 23.7 Å². The van der Waals surface area contributed by atoms with Crippen LogP contribution in [0.25, 0.3) is 0 Å². The summed E-state index contributed by atoms with van der Waals surface area (Å²) in [7, 11) is 1.63. The summed E-state index contributed by atoms with van der Waals surface area (Å²) in [6, 6.07) is 5.54. The van der Waals surface area contributed by atoms with Gasteiger partial charge in [-0.1, -0.05) is 6.92 Å². The SMILES string of the molecule is COc1ccc(C(=O)N2CCC(C)(CN)C2)c(I)c1.Cl. The molecule has 0 aliphatic carbocycles. The summed E-state index contributed by atoms with van der Waals surface area (Å²) in [5.74, 6) is 0.860. The number of nitrogens with zero attached hydrogens (tertiary/aromatic N) is 1. The molecule has 0 spiro atoms. The molecule has 1 aliphatic heterocycles. The zero-order chi connectivity index (χ0) is 14.0. The molecule has 20 heavy (non-hydrogen) atoms. The van der Waals surface area contributed by atoms with E-state index >= 15 is 0 Å². The second-order valence-electron chi connectivity index (χ2n) is 5.34. The Labute approximate surface area is 139 Å². The van der Waals surface area contributed by atoms with Crippen LogP contribution < -0.4 is 10.5 Å². The molecule has 1 heterocycles. The van der Waals surface area contributed by atoms with Crippen molar-refractivity contribution < 1.29 is 9.53 Å². The molecule has 1 aliphatic rings. The summed E-state index contributed by atoms with van der Waals surface area (Å²) >= 11 is 2.18. The molecular formula is C14H20ClIN2O2. The zero-order valence-electron chi connectivity index (χ0n) is 11.7. The van der Waals surface area contributed by atoms with Gasteiger partial charge in [0.2, 0.25) is 0 Å². The van der Waals surface area contributed by atoms with Gasteiger partial charge in [-0.2, -0.15) is 0 Å². The number of hydrogen-bond donors (Lipinski definition) is 1. The average Bonchev–Trinajstić information content (AvgIpc) is 2.81. The number of ether oxygens (including phenoxy) is 1. The number of hydrogen-bond acceptors (Lipinski definition) is 3. The number of carbonyl (C=O) groups excluding carboxylic acids is 1. The predicted molar refractivity (Wildman–Crippen MR) is 90.6 cm³/mol. The van der Waals surface area contributed by atoms with Crippen molar-refractivity contribution in [1.82, 2.24) is 4.90 Å². The van der Waals surface area contributed by atoms with E-state index in [0.29, 0.717) is 6.54 Å². The molecule has 2 N–H and O–H groups in total. The van der Waals surface area contributed by atoms with Gasteiger partial charge in [0, 0.05) is 16.7 Å². The minimum absolute atomic E-state index is 0. The van der Waals surface area contributed by atoms with Crippen molar-refractivity contribution in [1.29, 1.82) is 0 Å². The van der Waals surface area contributed by atoms with Crippen molar-refractivity contribution in [2.24, 2.45) is 11.1 Å². The third-order valence-electron chi connectivity index (χ3n) is 3.74. The average molecular weight is 411 g/mol. The Hall–Kier alpha value is -0.530. The topological polar surface area (TPSA) is 55.6 Å². The lowest BCUT2D eigenvalue weighted by molar-refractivity contribution is 0.0776. The predicted octanol–water partition coefficient (Wildman–Crippen LogP) is 2.53. The van der Waals surface area contributed by atoms with Gasteiger partial charge in [0.15, 0.2) is 0 Å². The van der Waals surface area contributed by atoms with Gasteiger partial charge in [-0.05, 0) is 59.2 Å². The highest BCUT2D eigenvalue weighted by Crippen LogP contribution is 2.30. The molecule has 6 heteroatoms. The maximum atomic E-state index is 12.5. The molecule has 112 valence electrons. The van der Waals surface area contributed by atoms with Crippen LogP contribution in [0, 0.1) is 8.99 Å². The highest BCUT2D eigenvalue weighted by molar-refractivity contribution is 14.1. The van der Waals surface area contributed by atoms with Crippen molar-refractivity contribution in [2.45, 2.75) is 13.3 Å². The van der Waals surface area contributed by atoms with E-state index in [4.69, 9.17) is 10.5 Å². The van der Waals surface area contributed by atoms with E-state index < -0.39 is 0 Å². The molecular weight excluding hydrogens is 391 g/mol. The van der Waals surface area contributed by atoms with Crippen molar-refractivity contribution in [3.8, 4) is 5.75 Å². The van der Waals surface area contributed by atoms with Crippen molar-refractivity contribution >= 4 is 40.9 Å². The normalized spacial score (nSPS) is 21.5. The standard InChI is InChI=1S/C14H19IN2O2.ClH/c1-14(8-16)5-6-17(9-14)13(18)11-4-3-10(19-2)7-12(11)15;/h3-4,7H,5-6,8-9,16H2,1-2H3;1H. The van der Waals surface area contributed by atoms with Crippen molar-refractivity contribution in [3.05, 3.63) is 27.3 Å². The van der Waals surface area contributed by atoms with Crippen LogP contribution in [0.3, 0.4) is 0 Å². The van der Waals surface area contributed by atoms with Gasteiger partial charge in [-0.3, -0.25) is 4.79 Å². The lowest BCUT2D eigenvalue weighted by atomic mass is 9.90.